The minimum Gasteiger partial charge on any atom is -0.486 e. The molecule has 0 unspecified atom stereocenters. The highest BCUT2D eigenvalue weighted by atomic mass is 35.5. The topological polar surface area (TPSA) is 34.4 Å². The van der Waals surface area contributed by atoms with Crippen molar-refractivity contribution in [2.45, 2.75) is 40.0 Å². The summed E-state index contributed by atoms with van der Waals surface area (Å²) in [5, 5.41) is 4.05. The molecule has 0 saturated carbocycles. The molecule has 1 aromatic heterocycles. The predicted molar refractivity (Wildman–Crippen MR) is 81.2 cm³/mol. The lowest BCUT2D eigenvalue weighted by Gasteiger charge is -2.06. The van der Waals surface area contributed by atoms with Crippen molar-refractivity contribution in [3.63, 3.8) is 0 Å². The van der Waals surface area contributed by atoms with Crippen LogP contribution in [0.25, 0.3) is 0 Å². The first kappa shape index (κ1) is 14.9. The molecule has 108 valence electrons. The quantitative estimate of drug-likeness (QED) is 0.861. The van der Waals surface area contributed by atoms with Gasteiger partial charge in [-0.1, -0.05) is 25.4 Å². The Hall–Kier alpha value is -1.45. The van der Waals surface area contributed by atoms with Crippen LogP contribution in [0.5, 0.6) is 5.75 Å². The molecule has 3 nitrogen and oxygen atoms in total. The predicted octanol–water partition coefficient (Wildman–Crippen LogP) is 4.32. The molecule has 0 aliphatic heterocycles. The molecule has 0 fully saturated rings. The van der Waals surface area contributed by atoms with Gasteiger partial charge in [0.15, 0.2) is 0 Å². The van der Waals surface area contributed by atoms with Crippen molar-refractivity contribution < 1.29 is 9.15 Å². The second-order valence-electron chi connectivity index (χ2n) is 5.10. The second-order valence-corrected chi connectivity index (χ2v) is 5.53. The number of nitrogens with one attached hydrogen (secondary N) is 1. The molecule has 4 heteroatoms. The summed E-state index contributed by atoms with van der Waals surface area (Å²) < 4.78 is 11.5. The molecule has 0 saturated heterocycles. The second kappa shape index (κ2) is 6.82. The molecular formula is C16H20ClNO2. The number of halogens is 1. The standard InChI is InChI=1S/C16H20ClNO2/c1-11(2)18-9-16-12(3)8-15(20-16)10-19-14-6-4-13(17)5-7-14/h4-8,11,18H,9-10H2,1-3H3. The van der Waals surface area contributed by atoms with E-state index in [0.717, 1.165) is 29.4 Å². The Balaban J connectivity index is 1.93. The van der Waals surface area contributed by atoms with E-state index >= 15 is 0 Å². The van der Waals surface area contributed by atoms with Crippen LogP contribution in [0.3, 0.4) is 0 Å². The lowest BCUT2D eigenvalue weighted by Crippen LogP contribution is -2.21. The van der Waals surface area contributed by atoms with Crippen molar-refractivity contribution in [3.8, 4) is 5.75 Å². The fourth-order valence-electron chi connectivity index (χ4n) is 1.82. The maximum absolute atomic E-state index is 5.83. The summed E-state index contributed by atoms with van der Waals surface area (Å²) >= 11 is 5.83. The van der Waals surface area contributed by atoms with Crippen LogP contribution in [0.4, 0.5) is 0 Å². The zero-order valence-electron chi connectivity index (χ0n) is 12.1. The molecule has 0 amide bonds. The van der Waals surface area contributed by atoms with E-state index in [9.17, 15) is 0 Å². The normalized spacial score (nSPS) is 11.1. The van der Waals surface area contributed by atoms with Gasteiger partial charge >= 0.3 is 0 Å². The highest BCUT2D eigenvalue weighted by molar-refractivity contribution is 6.30. The van der Waals surface area contributed by atoms with E-state index in [1.165, 1.54) is 0 Å². The van der Waals surface area contributed by atoms with Gasteiger partial charge in [0.25, 0.3) is 0 Å². The number of rotatable bonds is 6. The van der Waals surface area contributed by atoms with E-state index in [2.05, 4.69) is 19.2 Å². The third kappa shape index (κ3) is 4.29. The molecule has 1 aromatic carbocycles. The Morgan fingerprint density at radius 3 is 2.60 bits per heavy atom. The van der Waals surface area contributed by atoms with Gasteiger partial charge in [0.1, 0.15) is 23.9 Å². The van der Waals surface area contributed by atoms with E-state index in [1.54, 1.807) is 0 Å². The van der Waals surface area contributed by atoms with Gasteiger partial charge in [-0.05, 0) is 42.8 Å². The number of benzene rings is 1. The van der Waals surface area contributed by atoms with Crippen LogP contribution in [-0.2, 0) is 13.2 Å². The van der Waals surface area contributed by atoms with E-state index in [0.29, 0.717) is 17.7 Å². The Labute approximate surface area is 124 Å². The fourth-order valence-corrected chi connectivity index (χ4v) is 1.94. The third-order valence-electron chi connectivity index (χ3n) is 2.94. The number of aryl methyl sites for hydroxylation is 1. The summed E-state index contributed by atoms with van der Waals surface area (Å²) in [5.41, 5.74) is 1.15. The van der Waals surface area contributed by atoms with Crippen LogP contribution in [0, 0.1) is 6.92 Å². The first-order chi connectivity index (χ1) is 9.54. The van der Waals surface area contributed by atoms with Crippen LogP contribution in [0.15, 0.2) is 34.7 Å². The highest BCUT2D eigenvalue weighted by Crippen LogP contribution is 2.19. The van der Waals surface area contributed by atoms with Gasteiger partial charge in [-0.3, -0.25) is 0 Å². The molecular weight excluding hydrogens is 274 g/mol. The van der Waals surface area contributed by atoms with Crippen molar-refractivity contribution in [3.05, 3.63) is 52.4 Å². The largest absolute Gasteiger partial charge is 0.486 e. The molecule has 0 atom stereocenters. The Kier molecular flexibility index (Phi) is 5.10. The van der Waals surface area contributed by atoms with Gasteiger partial charge in [-0.2, -0.15) is 0 Å². The van der Waals surface area contributed by atoms with Crippen LogP contribution < -0.4 is 10.1 Å². The van der Waals surface area contributed by atoms with Gasteiger partial charge in [0, 0.05) is 11.1 Å². The number of furan rings is 1. The molecule has 0 radical (unpaired) electrons. The van der Waals surface area contributed by atoms with Crippen molar-refractivity contribution in [1.82, 2.24) is 5.32 Å². The van der Waals surface area contributed by atoms with Gasteiger partial charge in [0.2, 0.25) is 0 Å². The lowest BCUT2D eigenvalue weighted by atomic mass is 10.2. The SMILES string of the molecule is Cc1cc(COc2ccc(Cl)cc2)oc1CNC(C)C. The number of hydrogen-bond donors (Lipinski definition) is 1. The minimum absolute atomic E-state index is 0.421. The Bertz CT molecular complexity index is 546. The molecule has 0 spiro atoms. The van der Waals surface area contributed by atoms with Crippen LogP contribution >= 0.6 is 11.6 Å². The Morgan fingerprint density at radius 1 is 1.25 bits per heavy atom. The average molecular weight is 294 g/mol. The van der Waals surface area contributed by atoms with Gasteiger partial charge in [-0.25, -0.2) is 0 Å². The van der Waals surface area contributed by atoms with Crippen molar-refractivity contribution >= 4 is 11.6 Å². The lowest BCUT2D eigenvalue weighted by molar-refractivity contribution is 0.264. The minimum atomic E-state index is 0.421. The van der Waals surface area contributed by atoms with E-state index in [4.69, 9.17) is 20.8 Å². The molecule has 0 aliphatic rings. The molecule has 20 heavy (non-hydrogen) atoms. The Morgan fingerprint density at radius 2 is 1.95 bits per heavy atom. The summed E-state index contributed by atoms with van der Waals surface area (Å²) in [4.78, 5) is 0. The van der Waals surface area contributed by atoms with Crippen molar-refractivity contribution in [2.75, 3.05) is 0 Å². The van der Waals surface area contributed by atoms with Crippen LogP contribution in [-0.4, -0.2) is 6.04 Å². The molecule has 2 aromatic rings. The van der Waals surface area contributed by atoms with Gasteiger partial charge < -0.3 is 14.5 Å². The van der Waals surface area contributed by atoms with Gasteiger partial charge in [0.05, 0.1) is 6.54 Å². The fraction of sp³-hybridized carbons (Fsp3) is 0.375. The molecule has 2 rings (SSSR count). The van der Waals surface area contributed by atoms with E-state index in [-0.39, 0.29) is 0 Å². The number of ether oxygens (including phenoxy) is 1. The maximum atomic E-state index is 5.83. The zero-order chi connectivity index (χ0) is 14.5. The smallest absolute Gasteiger partial charge is 0.146 e. The van der Waals surface area contributed by atoms with E-state index in [1.807, 2.05) is 37.3 Å². The van der Waals surface area contributed by atoms with Crippen LogP contribution in [0.1, 0.15) is 30.9 Å². The summed E-state index contributed by atoms with van der Waals surface area (Å²) in [6.07, 6.45) is 0. The summed E-state index contributed by atoms with van der Waals surface area (Å²) in [6.45, 7) is 7.44. The first-order valence-electron chi connectivity index (χ1n) is 6.74. The summed E-state index contributed by atoms with van der Waals surface area (Å²) in [5.74, 6) is 2.58. The van der Waals surface area contributed by atoms with Crippen molar-refractivity contribution in [2.24, 2.45) is 0 Å². The molecule has 0 bridgehead atoms. The van der Waals surface area contributed by atoms with Crippen molar-refractivity contribution in [1.29, 1.82) is 0 Å². The van der Waals surface area contributed by atoms with Gasteiger partial charge in [-0.15, -0.1) is 0 Å². The van der Waals surface area contributed by atoms with E-state index < -0.39 is 0 Å². The monoisotopic (exact) mass is 293 g/mol. The average Bonchev–Trinajstić information content (AvgIpc) is 2.76. The highest BCUT2D eigenvalue weighted by Gasteiger charge is 2.08. The maximum Gasteiger partial charge on any atom is 0.146 e. The number of hydrogen-bond acceptors (Lipinski definition) is 3. The van der Waals surface area contributed by atoms with Crippen LogP contribution in [0.2, 0.25) is 5.02 Å². The molecule has 0 aliphatic carbocycles. The first-order valence-corrected chi connectivity index (χ1v) is 7.12. The molecule has 1 heterocycles. The summed E-state index contributed by atoms with van der Waals surface area (Å²) in [7, 11) is 0. The third-order valence-corrected chi connectivity index (χ3v) is 3.19. The summed E-state index contributed by atoms with van der Waals surface area (Å²) in [6, 6.07) is 9.77. The zero-order valence-corrected chi connectivity index (χ0v) is 12.8. The molecule has 1 N–H and O–H groups in total.